The van der Waals surface area contributed by atoms with Crippen LogP contribution in [-0.2, 0) is 6.61 Å². The Hall–Kier alpha value is -1.22. The molecule has 0 aromatic heterocycles. The number of phenolic OH excluding ortho intramolecular Hbond substituents is 1. The van der Waals surface area contributed by atoms with E-state index >= 15 is 0 Å². The van der Waals surface area contributed by atoms with E-state index in [0.717, 1.165) is 0 Å². The first kappa shape index (κ1) is 7.88. The van der Waals surface area contributed by atoms with Crippen LogP contribution in [0.1, 0.15) is 11.1 Å². The average Bonchev–Trinajstić information content (AvgIpc) is 2.01. The van der Waals surface area contributed by atoms with E-state index in [0.29, 0.717) is 11.1 Å². The van der Waals surface area contributed by atoms with Gasteiger partial charge in [0.1, 0.15) is 11.5 Å². The first-order valence-corrected chi connectivity index (χ1v) is 3.28. The van der Waals surface area contributed by atoms with Crippen LogP contribution in [0.4, 0.5) is 0 Å². The van der Waals surface area contributed by atoms with Crippen molar-refractivity contribution in [1.29, 1.82) is 0 Å². The number of rotatable bonds is 1. The predicted octanol–water partition coefficient (Wildman–Crippen LogP) is 0.899. The highest BCUT2D eigenvalue weighted by Crippen LogP contribution is 2.28. The summed E-state index contributed by atoms with van der Waals surface area (Å²) in [7, 11) is 0. The Morgan fingerprint density at radius 2 is 1.91 bits per heavy atom. The van der Waals surface area contributed by atoms with E-state index in [-0.39, 0.29) is 18.1 Å². The predicted molar refractivity (Wildman–Crippen MR) is 40.4 cm³/mol. The molecular weight excluding hydrogens is 144 g/mol. The molecule has 0 spiro atoms. The van der Waals surface area contributed by atoms with Crippen molar-refractivity contribution in [2.75, 3.05) is 0 Å². The smallest absolute Gasteiger partial charge is 0.127 e. The van der Waals surface area contributed by atoms with Crippen molar-refractivity contribution < 1.29 is 15.3 Å². The summed E-state index contributed by atoms with van der Waals surface area (Å²) < 4.78 is 0. The van der Waals surface area contributed by atoms with Crippen LogP contribution < -0.4 is 0 Å². The molecule has 0 amide bonds. The molecule has 0 saturated heterocycles. The molecule has 3 nitrogen and oxygen atoms in total. The van der Waals surface area contributed by atoms with Crippen molar-refractivity contribution in [3.63, 3.8) is 0 Å². The number of phenols is 2. The zero-order valence-corrected chi connectivity index (χ0v) is 6.20. The standard InChI is InChI=1S/C8H10O3/c1-5-7(10)3-2-6(4-9)8(5)11/h2-3,9-11H,4H2,1H3. The topological polar surface area (TPSA) is 60.7 Å². The number of benzene rings is 1. The van der Waals surface area contributed by atoms with Gasteiger partial charge in [0.05, 0.1) is 6.61 Å². The Morgan fingerprint density at radius 3 is 2.45 bits per heavy atom. The lowest BCUT2D eigenvalue weighted by Gasteiger charge is -2.05. The maximum absolute atomic E-state index is 9.26. The van der Waals surface area contributed by atoms with Gasteiger partial charge in [0.25, 0.3) is 0 Å². The second-order valence-corrected chi connectivity index (χ2v) is 2.38. The zero-order valence-electron chi connectivity index (χ0n) is 6.20. The average molecular weight is 154 g/mol. The van der Waals surface area contributed by atoms with Crippen molar-refractivity contribution in [1.82, 2.24) is 0 Å². The molecule has 3 heteroatoms. The number of hydrogen-bond donors (Lipinski definition) is 3. The summed E-state index contributed by atoms with van der Waals surface area (Å²) in [5.74, 6) is 0.00667. The van der Waals surface area contributed by atoms with E-state index in [2.05, 4.69) is 0 Å². The highest BCUT2D eigenvalue weighted by molar-refractivity contribution is 5.47. The lowest BCUT2D eigenvalue weighted by Crippen LogP contribution is -1.86. The number of hydrogen-bond acceptors (Lipinski definition) is 3. The van der Waals surface area contributed by atoms with E-state index in [1.54, 1.807) is 6.92 Å². The minimum Gasteiger partial charge on any atom is -0.508 e. The molecule has 0 heterocycles. The summed E-state index contributed by atoms with van der Waals surface area (Å²) in [5.41, 5.74) is 0.830. The van der Waals surface area contributed by atoms with Crippen LogP contribution in [0.2, 0.25) is 0 Å². The molecule has 3 N–H and O–H groups in total. The largest absolute Gasteiger partial charge is 0.508 e. The molecule has 0 radical (unpaired) electrons. The van der Waals surface area contributed by atoms with Crippen molar-refractivity contribution >= 4 is 0 Å². The van der Waals surface area contributed by atoms with Crippen molar-refractivity contribution in [3.05, 3.63) is 23.3 Å². The molecule has 1 aromatic rings. The number of aliphatic hydroxyl groups excluding tert-OH is 1. The third kappa shape index (κ3) is 1.28. The Kier molecular flexibility index (Phi) is 2.01. The monoisotopic (exact) mass is 154 g/mol. The first-order valence-electron chi connectivity index (χ1n) is 3.28. The highest BCUT2D eigenvalue weighted by Gasteiger charge is 2.05. The lowest BCUT2D eigenvalue weighted by atomic mass is 10.1. The van der Waals surface area contributed by atoms with Gasteiger partial charge in [0.15, 0.2) is 0 Å². The molecule has 0 fully saturated rings. The van der Waals surface area contributed by atoms with Crippen molar-refractivity contribution in [3.8, 4) is 11.5 Å². The van der Waals surface area contributed by atoms with Gasteiger partial charge in [0, 0.05) is 11.1 Å². The molecule has 0 bridgehead atoms. The Morgan fingerprint density at radius 1 is 1.27 bits per heavy atom. The number of aromatic hydroxyl groups is 2. The van der Waals surface area contributed by atoms with Gasteiger partial charge in [-0.15, -0.1) is 0 Å². The fourth-order valence-corrected chi connectivity index (χ4v) is 0.873. The van der Waals surface area contributed by atoms with E-state index in [9.17, 15) is 5.11 Å². The second kappa shape index (κ2) is 2.80. The van der Waals surface area contributed by atoms with Crippen molar-refractivity contribution in [2.45, 2.75) is 13.5 Å². The summed E-state index contributed by atoms with van der Waals surface area (Å²) in [6.07, 6.45) is 0. The molecule has 0 atom stereocenters. The SMILES string of the molecule is Cc1c(O)ccc(CO)c1O. The Bertz CT molecular complexity index is 268. The van der Waals surface area contributed by atoms with E-state index in [1.165, 1.54) is 12.1 Å². The van der Waals surface area contributed by atoms with Gasteiger partial charge in [0.2, 0.25) is 0 Å². The summed E-state index contributed by atoms with van der Waals surface area (Å²) in [6.45, 7) is 1.37. The first-order chi connectivity index (χ1) is 5.16. The molecule has 60 valence electrons. The maximum atomic E-state index is 9.26. The second-order valence-electron chi connectivity index (χ2n) is 2.38. The summed E-state index contributed by atoms with van der Waals surface area (Å²) in [6, 6.07) is 2.93. The molecule has 0 unspecified atom stereocenters. The van der Waals surface area contributed by atoms with Crippen LogP contribution in [0, 0.1) is 6.92 Å². The van der Waals surface area contributed by atoms with Gasteiger partial charge in [-0.3, -0.25) is 0 Å². The summed E-state index contributed by atoms with van der Waals surface area (Å²) >= 11 is 0. The fourth-order valence-electron chi connectivity index (χ4n) is 0.873. The van der Waals surface area contributed by atoms with E-state index < -0.39 is 0 Å². The Balaban J connectivity index is 3.25. The maximum Gasteiger partial charge on any atom is 0.127 e. The molecular formula is C8H10O3. The molecule has 1 aromatic carbocycles. The summed E-state index contributed by atoms with van der Waals surface area (Å²) in [4.78, 5) is 0. The highest BCUT2D eigenvalue weighted by atomic mass is 16.3. The van der Waals surface area contributed by atoms with Crippen LogP contribution in [0.3, 0.4) is 0 Å². The molecule has 1 rings (SSSR count). The molecule has 0 aliphatic heterocycles. The third-order valence-corrected chi connectivity index (χ3v) is 1.66. The molecule has 11 heavy (non-hydrogen) atoms. The van der Waals surface area contributed by atoms with E-state index in [1.807, 2.05) is 0 Å². The van der Waals surface area contributed by atoms with Gasteiger partial charge in [-0.25, -0.2) is 0 Å². The van der Waals surface area contributed by atoms with Crippen LogP contribution in [0.15, 0.2) is 12.1 Å². The fraction of sp³-hybridized carbons (Fsp3) is 0.250. The Labute approximate surface area is 64.5 Å². The van der Waals surface area contributed by atoms with E-state index in [4.69, 9.17) is 10.2 Å². The van der Waals surface area contributed by atoms with Crippen LogP contribution >= 0.6 is 0 Å². The van der Waals surface area contributed by atoms with Gasteiger partial charge in [-0.05, 0) is 19.1 Å². The van der Waals surface area contributed by atoms with Crippen LogP contribution in [0.25, 0.3) is 0 Å². The quantitative estimate of drug-likeness (QED) is 0.563. The summed E-state index contributed by atoms with van der Waals surface area (Å²) in [5, 5.41) is 27.0. The third-order valence-electron chi connectivity index (χ3n) is 1.66. The lowest BCUT2D eigenvalue weighted by molar-refractivity contribution is 0.275. The van der Waals surface area contributed by atoms with Gasteiger partial charge < -0.3 is 15.3 Å². The minimum atomic E-state index is -0.215. The van der Waals surface area contributed by atoms with Crippen LogP contribution in [0.5, 0.6) is 11.5 Å². The van der Waals surface area contributed by atoms with Gasteiger partial charge in [-0.1, -0.05) is 0 Å². The number of aliphatic hydroxyl groups is 1. The van der Waals surface area contributed by atoms with Gasteiger partial charge >= 0.3 is 0 Å². The minimum absolute atomic E-state index is 0.0347. The zero-order chi connectivity index (χ0) is 8.43. The molecule has 0 aliphatic carbocycles. The normalized spacial score (nSPS) is 10.0. The van der Waals surface area contributed by atoms with Gasteiger partial charge in [-0.2, -0.15) is 0 Å². The van der Waals surface area contributed by atoms with Crippen LogP contribution in [-0.4, -0.2) is 15.3 Å². The molecule has 0 saturated carbocycles. The molecule has 0 aliphatic rings. The van der Waals surface area contributed by atoms with Crippen molar-refractivity contribution in [2.24, 2.45) is 0 Å².